The van der Waals surface area contributed by atoms with Gasteiger partial charge in [0.1, 0.15) is 11.6 Å². The molecule has 0 spiro atoms. The average Bonchev–Trinajstić information content (AvgIpc) is 2.90. The second-order valence-corrected chi connectivity index (χ2v) is 10.3. The van der Waals surface area contributed by atoms with Crippen molar-refractivity contribution in [2.45, 2.75) is 71.3 Å². The summed E-state index contributed by atoms with van der Waals surface area (Å²) in [6.07, 6.45) is 7.50. The second-order valence-electron chi connectivity index (χ2n) is 10.3. The van der Waals surface area contributed by atoms with E-state index in [0.29, 0.717) is 35.7 Å². The van der Waals surface area contributed by atoms with Gasteiger partial charge in [-0.3, -0.25) is 9.59 Å². The van der Waals surface area contributed by atoms with Gasteiger partial charge in [-0.1, -0.05) is 19.0 Å². The molecule has 1 N–H and O–H groups in total. The van der Waals surface area contributed by atoms with Crippen molar-refractivity contribution in [2.24, 2.45) is 39.7 Å². The first-order valence-electron chi connectivity index (χ1n) is 10.9. The largest absolute Gasteiger partial charge is 0.390 e. The minimum atomic E-state index is -0.156. The number of Topliss-reactive ketones (excluding diaryl/α,β-unsaturated/α-hetero) is 2. The third-order valence-electron chi connectivity index (χ3n) is 9.08. The molecule has 5 nitrogen and oxygen atoms in total. The quantitative estimate of drug-likeness (QED) is 0.756. The average molecular weight is 373 g/mol. The lowest BCUT2D eigenvalue weighted by atomic mass is 9.45. The molecule has 4 aliphatic carbocycles. The van der Waals surface area contributed by atoms with E-state index in [2.05, 4.69) is 24.3 Å². The Morgan fingerprint density at radius 2 is 1.85 bits per heavy atom. The lowest BCUT2D eigenvalue weighted by Gasteiger charge is -2.58. The maximum absolute atomic E-state index is 13.2. The Bertz CT molecular complexity index is 700. The van der Waals surface area contributed by atoms with Crippen molar-refractivity contribution in [2.75, 3.05) is 13.1 Å². The van der Waals surface area contributed by atoms with Crippen molar-refractivity contribution in [3.63, 3.8) is 0 Å². The number of carbonyl (C=O) groups excluding carboxylic acids is 2. The molecule has 0 radical (unpaired) electrons. The van der Waals surface area contributed by atoms with E-state index < -0.39 is 0 Å². The minimum Gasteiger partial charge on any atom is -0.390 e. The summed E-state index contributed by atoms with van der Waals surface area (Å²) in [6, 6.07) is 0. The maximum Gasteiger partial charge on any atom is 0.152 e. The monoisotopic (exact) mass is 372 g/mol. The zero-order valence-corrected chi connectivity index (χ0v) is 16.6. The van der Waals surface area contributed by atoms with Crippen LogP contribution in [0.15, 0.2) is 5.16 Å². The Morgan fingerprint density at radius 1 is 1.04 bits per heavy atom. The van der Waals surface area contributed by atoms with Crippen LogP contribution in [0.1, 0.15) is 65.2 Å². The van der Waals surface area contributed by atoms with E-state index in [-0.39, 0.29) is 22.9 Å². The summed E-state index contributed by atoms with van der Waals surface area (Å²) in [5.41, 5.74) is 0.994. The van der Waals surface area contributed by atoms with Gasteiger partial charge in [-0.15, -0.1) is 0 Å². The zero-order valence-electron chi connectivity index (χ0n) is 16.6. The standard InChI is InChI=1S/C22H32N2O3/c1-21-7-5-13(24-27-14-11-23-12-14)9-18(21)19(25)10-15-16-3-4-20(26)22(16,2)8-6-17(15)21/h14-18,23H,3-12H2,1-2H3/t15-,16-,17-,18?,21+,22-/m0/s1. The molecule has 0 amide bonds. The summed E-state index contributed by atoms with van der Waals surface area (Å²) >= 11 is 0. The summed E-state index contributed by atoms with van der Waals surface area (Å²) in [6.45, 7) is 6.29. The molecule has 1 unspecified atom stereocenters. The molecule has 0 aromatic carbocycles. The molecule has 0 aromatic heterocycles. The Kier molecular flexibility index (Phi) is 4.05. The molecule has 148 valence electrons. The molecule has 5 heteroatoms. The lowest BCUT2D eigenvalue weighted by Crippen LogP contribution is -2.56. The molecule has 1 aliphatic heterocycles. The third-order valence-corrected chi connectivity index (χ3v) is 9.08. The van der Waals surface area contributed by atoms with Crippen LogP contribution in [-0.2, 0) is 14.4 Å². The van der Waals surface area contributed by atoms with Crippen LogP contribution in [0.5, 0.6) is 0 Å². The predicted octanol–water partition coefficient (Wildman–Crippen LogP) is 3.12. The summed E-state index contributed by atoms with van der Waals surface area (Å²) in [5, 5.41) is 7.61. The van der Waals surface area contributed by atoms with Crippen LogP contribution in [0.4, 0.5) is 0 Å². The lowest BCUT2D eigenvalue weighted by molar-refractivity contribution is -0.152. The van der Waals surface area contributed by atoms with Gasteiger partial charge in [-0.05, 0) is 61.7 Å². The predicted molar refractivity (Wildman–Crippen MR) is 102 cm³/mol. The molecule has 5 aliphatic rings. The van der Waals surface area contributed by atoms with E-state index in [0.717, 1.165) is 63.7 Å². The van der Waals surface area contributed by atoms with E-state index in [9.17, 15) is 9.59 Å². The van der Waals surface area contributed by atoms with Crippen molar-refractivity contribution in [3.8, 4) is 0 Å². The maximum atomic E-state index is 13.2. The summed E-state index contributed by atoms with van der Waals surface area (Å²) in [4.78, 5) is 31.4. The molecule has 27 heavy (non-hydrogen) atoms. The molecule has 1 saturated heterocycles. The molecule has 0 bridgehead atoms. The fourth-order valence-electron chi connectivity index (χ4n) is 7.19. The highest BCUT2D eigenvalue weighted by atomic mass is 16.6. The van der Waals surface area contributed by atoms with Crippen molar-refractivity contribution in [3.05, 3.63) is 0 Å². The highest BCUT2D eigenvalue weighted by Gasteiger charge is 2.62. The van der Waals surface area contributed by atoms with Crippen molar-refractivity contribution >= 4 is 17.3 Å². The van der Waals surface area contributed by atoms with E-state index in [1.54, 1.807) is 0 Å². The third kappa shape index (κ3) is 2.56. The van der Waals surface area contributed by atoms with Crippen LogP contribution in [0.2, 0.25) is 0 Å². The summed E-state index contributed by atoms with van der Waals surface area (Å²) in [7, 11) is 0. The first-order valence-corrected chi connectivity index (χ1v) is 10.9. The number of nitrogens with one attached hydrogen (secondary N) is 1. The first-order chi connectivity index (χ1) is 12.9. The highest BCUT2D eigenvalue weighted by molar-refractivity contribution is 5.93. The van der Waals surface area contributed by atoms with Gasteiger partial charge >= 0.3 is 0 Å². The van der Waals surface area contributed by atoms with Crippen molar-refractivity contribution in [1.29, 1.82) is 0 Å². The molecule has 5 rings (SSSR count). The van der Waals surface area contributed by atoms with Crippen LogP contribution in [0, 0.1) is 34.5 Å². The molecular weight excluding hydrogens is 340 g/mol. The number of hydrogen-bond acceptors (Lipinski definition) is 5. The number of fused-ring (bicyclic) bond motifs is 5. The number of rotatable bonds is 2. The van der Waals surface area contributed by atoms with Crippen LogP contribution < -0.4 is 5.32 Å². The van der Waals surface area contributed by atoms with E-state index in [1.165, 1.54) is 0 Å². The van der Waals surface area contributed by atoms with Crippen LogP contribution >= 0.6 is 0 Å². The van der Waals surface area contributed by atoms with Gasteiger partial charge in [-0.25, -0.2) is 0 Å². The van der Waals surface area contributed by atoms with Crippen molar-refractivity contribution in [1.82, 2.24) is 5.32 Å². The van der Waals surface area contributed by atoms with E-state index in [4.69, 9.17) is 4.84 Å². The molecule has 5 fully saturated rings. The second kappa shape index (κ2) is 6.13. The first kappa shape index (κ1) is 17.8. The fourth-order valence-corrected chi connectivity index (χ4v) is 7.19. The summed E-state index contributed by atoms with van der Waals surface area (Å²) < 4.78 is 0. The minimum absolute atomic E-state index is 0.0734. The van der Waals surface area contributed by atoms with Gasteiger partial charge in [0.15, 0.2) is 6.10 Å². The normalized spacial score (nSPS) is 48.6. The Morgan fingerprint density at radius 3 is 2.59 bits per heavy atom. The summed E-state index contributed by atoms with van der Waals surface area (Å²) in [5.74, 6) is 2.39. The number of ketones is 2. The number of nitrogens with zero attached hydrogens (tertiary/aromatic N) is 1. The Hall–Kier alpha value is -1.23. The molecule has 4 saturated carbocycles. The van der Waals surface area contributed by atoms with E-state index in [1.807, 2.05) is 0 Å². The topological polar surface area (TPSA) is 67.8 Å². The van der Waals surface area contributed by atoms with Gasteiger partial charge < -0.3 is 10.2 Å². The number of oxime groups is 1. The van der Waals surface area contributed by atoms with Crippen LogP contribution in [0.3, 0.4) is 0 Å². The Labute approximate surface area is 161 Å². The zero-order chi connectivity index (χ0) is 18.8. The van der Waals surface area contributed by atoms with Gasteiger partial charge in [0.25, 0.3) is 0 Å². The Balaban J connectivity index is 1.37. The molecule has 1 heterocycles. The van der Waals surface area contributed by atoms with Gasteiger partial charge in [0.05, 0.1) is 5.71 Å². The number of hydrogen-bond donors (Lipinski definition) is 1. The molecule has 6 atom stereocenters. The fraction of sp³-hybridized carbons (Fsp3) is 0.864. The van der Waals surface area contributed by atoms with Gasteiger partial charge in [-0.2, -0.15) is 0 Å². The molecule has 0 aromatic rings. The van der Waals surface area contributed by atoms with Crippen molar-refractivity contribution < 1.29 is 14.4 Å². The van der Waals surface area contributed by atoms with Gasteiger partial charge in [0.2, 0.25) is 0 Å². The highest BCUT2D eigenvalue weighted by Crippen LogP contribution is 2.64. The smallest absolute Gasteiger partial charge is 0.152 e. The molecular formula is C22H32N2O3. The van der Waals surface area contributed by atoms with E-state index >= 15 is 0 Å². The SMILES string of the molecule is C[C@]12CCC(=NOC3CNC3)CC1C(=O)C[C@@H]1[C@@H]2CC[C@]2(C)C(=O)CC[C@@H]12. The van der Waals surface area contributed by atoms with Crippen LogP contribution in [0.25, 0.3) is 0 Å². The van der Waals surface area contributed by atoms with Crippen LogP contribution in [-0.4, -0.2) is 36.5 Å². The van der Waals surface area contributed by atoms with Gasteiger partial charge in [0, 0.05) is 37.3 Å². The number of carbonyl (C=O) groups is 2.